The fourth-order valence-corrected chi connectivity index (χ4v) is 1.61. The van der Waals surface area contributed by atoms with Gasteiger partial charge in [-0.25, -0.2) is 4.39 Å². The first-order chi connectivity index (χ1) is 7.75. The third kappa shape index (κ3) is 3.41. The van der Waals surface area contributed by atoms with Crippen molar-refractivity contribution in [2.45, 2.75) is 12.2 Å². The highest BCUT2D eigenvalue weighted by Crippen LogP contribution is 2.32. The predicted octanol–water partition coefficient (Wildman–Crippen LogP) is 2.41. The van der Waals surface area contributed by atoms with Crippen LogP contribution in [0.4, 0.5) is 17.6 Å². The molecule has 2 N–H and O–H groups in total. The van der Waals surface area contributed by atoms with Gasteiger partial charge in [-0.2, -0.15) is 13.2 Å². The summed E-state index contributed by atoms with van der Waals surface area (Å²) in [6, 6.07) is 2.05. The molecule has 1 atom stereocenters. The number of hydrogen-bond donors (Lipinski definition) is 1. The summed E-state index contributed by atoms with van der Waals surface area (Å²) in [6.07, 6.45) is -4.55. The number of halogens is 4. The van der Waals surface area contributed by atoms with Crippen molar-refractivity contribution in [1.29, 1.82) is 0 Å². The molecule has 2 nitrogen and oxygen atoms in total. The van der Waals surface area contributed by atoms with Crippen LogP contribution in [0.15, 0.2) is 18.2 Å². The van der Waals surface area contributed by atoms with Gasteiger partial charge >= 0.3 is 6.18 Å². The maximum absolute atomic E-state index is 13.2. The Morgan fingerprint density at radius 1 is 1.24 bits per heavy atom. The molecule has 0 aliphatic rings. The lowest BCUT2D eigenvalue weighted by molar-refractivity contribution is -0.137. The molecule has 6 heteroatoms. The van der Waals surface area contributed by atoms with E-state index in [1.165, 1.54) is 0 Å². The van der Waals surface area contributed by atoms with E-state index in [1.807, 2.05) is 0 Å². The van der Waals surface area contributed by atoms with Crippen molar-refractivity contribution in [3.05, 3.63) is 35.1 Å². The van der Waals surface area contributed by atoms with Crippen molar-refractivity contribution in [1.82, 2.24) is 4.90 Å². The molecule has 0 fully saturated rings. The minimum atomic E-state index is -4.55. The molecule has 1 aromatic carbocycles. The molecule has 1 unspecified atom stereocenters. The van der Waals surface area contributed by atoms with Crippen LogP contribution < -0.4 is 5.73 Å². The molecular formula is C11H14F4N2. The Morgan fingerprint density at radius 2 is 1.82 bits per heavy atom. The third-order valence-electron chi connectivity index (χ3n) is 2.48. The van der Waals surface area contributed by atoms with Gasteiger partial charge in [0.25, 0.3) is 0 Å². The Hall–Kier alpha value is -1.14. The van der Waals surface area contributed by atoms with Crippen LogP contribution in [0, 0.1) is 5.82 Å². The van der Waals surface area contributed by atoms with Crippen LogP contribution in [0.1, 0.15) is 17.2 Å². The Bertz CT molecular complexity index is 388. The number of nitrogens with zero attached hydrogens (tertiary/aromatic N) is 1. The second-order valence-electron chi connectivity index (χ2n) is 3.99. The van der Waals surface area contributed by atoms with E-state index in [0.29, 0.717) is 6.07 Å². The number of rotatable bonds is 3. The molecule has 17 heavy (non-hydrogen) atoms. The third-order valence-corrected chi connectivity index (χ3v) is 2.48. The van der Waals surface area contributed by atoms with Gasteiger partial charge in [0.15, 0.2) is 0 Å². The zero-order chi connectivity index (χ0) is 13.2. The number of likely N-dealkylation sites (N-methyl/N-ethyl adjacent to an activating group) is 1. The fraction of sp³-hybridized carbons (Fsp3) is 0.455. The van der Waals surface area contributed by atoms with Crippen LogP contribution in [0.3, 0.4) is 0 Å². The van der Waals surface area contributed by atoms with E-state index < -0.39 is 23.6 Å². The van der Waals surface area contributed by atoms with E-state index in [1.54, 1.807) is 19.0 Å². The zero-order valence-electron chi connectivity index (χ0n) is 9.55. The van der Waals surface area contributed by atoms with Gasteiger partial charge < -0.3 is 10.6 Å². The van der Waals surface area contributed by atoms with Gasteiger partial charge in [-0.3, -0.25) is 0 Å². The summed E-state index contributed by atoms with van der Waals surface area (Å²) in [5, 5.41) is 0. The predicted molar refractivity (Wildman–Crippen MR) is 56.9 cm³/mol. The molecule has 0 aromatic heterocycles. The molecule has 96 valence electrons. The van der Waals surface area contributed by atoms with Crippen molar-refractivity contribution < 1.29 is 17.6 Å². The first-order valence-corrected chi connectivity index (χ1v) is 5.00. The van der Waals surface area contributed by atoms with E-state index in [-0.39, 0.29) is 12.1 Å². The molecule has 0 bridgehead atoms. The van der Waals surface area contributed by atoms with Gasteiger partial charge in [-0.05, 0) is 37.9 Å². The Kier molecular flexibility index (Phi) is 4.11. The SMILES string of the molecule is CN(C)C(CN)c1cc(F)cc(C(F)(F)F)c1. The van der Waals surface area contributed by atoms with Crippen molar-refractivity contribution in [3.8, 4) is 0 Å². The van der Waals surface area contributed by atoms with Crippen LogP contribution >= 0.6 is 0 Å². The van der Waals surface area contributed by atoms with E-state index in [4.69, 9.17) is 5.73 Å². The maximum atomic E-state index is 13.2. The molecule has 1 aromatic rings. The van der Waals surface area contributed by atoms with Crippen molar-refractivity contribution in [3.63, 3.8) is 0 Å². The van der Waals surface area contributed by atoms with Crippen molar-refractivity contribution in [2.24, 2.45) is 5.73 Å². The van der Waals surface area contributed by atoms with E-state index >= 15 is 0 Å². The van der Waals surface area contributed by atoms with Crippen molar-refractivity contribution in [2.75, 3.05) is 20.6 Å². The van der Waals surface area contributed by atoms with E-state index in [9.17, 15) is 17.6 Å². The summed E-state index contributed by atoms with van der Waals surface area (Å²) in [4.78, 5) is 1.65. The second-order valence-corrected chi connectivity index (χ2v) is 3.99. The minimum Gasteiger partial charge on any atom is -0.329 e. The molecule has 0 saturated carbocycles. The fourth-order valence-electron chi connectivity index (χ4n) is 1.61. The molecule has 0 aliphatic heterocycles. The molecule has 0 heterocycles. The summed E-state index contributed by atoms with van der Waals surface area (Å²) in [5.74, 6) is -0.907. The molecule has 0 aliphatic carbocycles. The van der Waals surface area contributed by atoms with Gasteiger partial charge in [0.2, 0.25) is 0 Å². The average Bonchev–Trinajstić information content (AvgIpc) is 2.15. The smallest absolute Gasteiger partial charge is 0.329 e. The van der Waals surface area contributed by atoms with Crippen LogP contribution in [0.5, 0.6) is 0 Å². The Labute approximate surface area is 97.0 Å². The van der Waals surface area contributed by atoms with Crippen LogP contribution in [-0.2, 0) is 6.18 Å². The minimum absolute atomic E-state index is 0.119. The summed E-state index contributed by atoms with van der Waals surface area (Å²) in [7, 11) is 3.35. The highest BCUT2D eigenvalue weighted by atomic mass is 19.4. The quantitative estimate of drug-likeness (QED) is 0.835. The molecule has 0 amide bonds. The first-order valence-electron chi connectivity index (χ1n) is 5.00. The lowest BCUT2D eigenvalue weighted by Crippen LogP contribution is -2.27. The topological polar surface area (TPSA) is 29.3 Å². The number of benzene rings is 1. The Balaban J connectivity index is 3.21. The zero-order valence-corrected chi connectivity index (χ0v) is 9.55. The highest BCUT2D eigenvalue weighted by molar-refractivity contribution is 5.29. The van der Waals surface area contributed by atoms with E-state index in [0.717, 1.165) is 12.1 Å². The molecule has 0 saturated heterocycles. The van der Waals surface area contributed by atoms with Gasteiger partial charge in [0.1, 0.15) is 5.82 Å². The monoisotopic (exact) mass is 250 g/mol. The van der Waals surface area contributed by atoms with Crippen LogP contribution in [0.25, 0.3) is 0 Å². The summed E-state index contributed by atoms with van der Waals surface area (Å²) < 4.78 is 50.7. The van der Waals surface area contributed by atoms with Crippen LogP contribution in [-0.4, -0.2) is 25.5 Å². The summed E-state index contributed by atoms with van der Waals surface area (Å²) in [6.45, 7) is 0.119. The Morgan fingerprint density at radius 3 is 2.24 bits per heavy atom. The summed E-state index contributed by atoms with van der Waals surface area (Å²) in [5.41, 5.74) is 4.70. The first kappa shape index (κ1) is 13.9. The molecule has 0 spiro atoms. The molecular weight excluding hydrogens is 236 g/mol. The largest absolute Gasteiger partial charge is 0.416 e. The van der Waals surface area contributed by atoms with E-state index in [2.05, 4.69) is 0 Å². The lowest BCUT2D eigenvalue weighted by Gasteiger charge is -2.24. The molecule has 1 rings (SSSR count). The summed E-state index contributed by atoms with van der Waals surface area (Å²) >= 11 is 0. The number of hydrogen-bond acceptors (Lipinski definition) is 2. The van der Waals surface area contributed by atoms with Gasteiger partial charge in [-0.1, -0.05) is 0 Å². The number of alkyl halides is 3. The standard InChI is InChI=1S/C11H14F4N2/c1-17(2)10(6-16)7-3-8(11(13,14)15)5-9(12)4-7/h3-5,10H,6,16H2,1-2H3. The maximum Gasteiger partial charge on any atom is 0.416 e. The van der Waals surface area contributed by atoms with Gasteiger partial charge in [-0.15, -0.1) is 0 Å². The number of nitrogens with two attached hydrogens (primary N) is 1. The highest BCUT2D eigenvalue weighted by Gasteiger charge is 2.32. The average molecular weight is 250 g/mol. The normalized spacial score (nSPS) is 14.1. The molecule has 0 radical (unpaired) electrons. The second kappa shape index (κ2) is 5.01. The van der Waals surface area contributed by atoms with Gasteiger partial charge in [0, 0.05) is 12.6 Å². The van der Waals surface area contributed by atoms with Crippen molar-refractivity contribution >= 4 is 0 Å². The van der Waals surface area contributed by atoms with Gasteiger partial charge in [0.05, 0.1) is 5.56 Å². The van der Waals surface area contributed by atoms with Crippen LogP contribution in [0.2, 0.25) is 0 Å². The lowest BCUT2D eigenvalue weighted by atomic mass is 10.0.